The van der Waals surface area contributed by atoms with E-state index in [2.05, 4.69) is 22.6 Å². The first-order valence-electron chi connectivity index (χ1n) is 4.01. The van der Waals surface area contributed by atoms with Crippen molar-refractivity contribution in [2.45, 2.75) is 18.5 Å². The second-order valence-corrected chi connectivity index (χ2v) is 3.38. The maximum absolute atomic E-state index is 10.9. The first kappa shape index (κ1) is 6.91. The molecule has 0 aromatic rings. The zero-order valence-electron chi connectivity index (χ0n) is 6.63. The number of nitrogens with zero attached hydrogens (tertiary/aromatic N) is 1. The minimum Gasteiger partial charge on any atom is -0.333 e. The summed E-state index contributed by atoms with van der Waals surface area (Å²) < 4.78 is 0. The zero-order valence-corrected chi connectivity index (χ0v) is 6.63. The molecule has 0 aromatic carbocycles. The predicted molar refractivity (Wildman–Crippen MR) is 41.4 cm³/mol. The Kier molecular flexibility index (Phi) is 1.49. The molecule has 2 aliphatic heterocycles. The Labute approximate surface area is 65.9 Å². The second-order valence-electron chi connectivity index (χ2n) is 3.38. The Morgan fingerprint density at radius 2 is 2.18 bits per heavy atom. The number of carbonyl (C=O) groups is 1. The van der Waals surface area contributed by atoms with Crippen LogP contribution in [0.4, 0.5) is 4.79 Å². The van der Waals surface area contributed by atoms with Gasteiger partial charge in [0.1, 0.15) is 0 Å². The van der Waals surface area contributed by atoms with Gasteiger partial charge in [-0.3, -0.25) is 0 Å². The van der Waals surface area contributed by atoms with E-state index in [4.69, 9.17) is 0 Å². The van der Waals surface area contributed by atoms with E-state index >= 15 is 0 Å². The Morgan fingerprint density at radius 3 is 3.00 bits per heavy atom. The van der Waals surface area contributed by atoms with Gasteiger partial charge in [-0.05, 0) is 20.0 Å². The lowest BCUT2D eigenvalue weighted by Gasteiger charge is -2.30. The van der Waals surface area contributed by atoms with Crippen LogP contribution in [-0.4, -0.2) is 43.2 Å². The summed E-state index contributed by atoms with van der Waals surface area (Å²) >= 11 is 0. The maximum Gasteiger partial charge on any atom is 0.315 e. The first-order valence-corrected chi connectivity index (χ1v) is 4.01. The van der Waals surface area contributed by atoms with Crippen LogP contribution in [0.5, 0.6) is 0 Å². The minimum atomic E-state index is -0.00435. The Morgan fingerprint density at radius 1 is 1.45 bits per heavy atom. The van der Waals surface area contributed by atoms with Crippen molar-refractivity contribution in [1.29, 1.82) is 0 Å². The molecule has 2 saturated heterocycles. The van der Waals surface area contributed by atoms with Crippen LogP contribution in [0.2, 0.25) is 0 Å². The highest BCUT2D eigenvalue weighted by Crippen LogP contribution is 2.12. The van der Waals surface area contributed by atoms with Crippen LogP contribution in [0.1, 0.15) is 6.42 Å². The summed E-state index contributed by atoms with van der Waals surface area (Å²) in [5, 5.41) is 5.79. The molecule has 2 atom stereocenters. The summed E-state index contributed by atoms with van der Waals surface area (Å²) in [5.74, 6) is 0. The van der Waals surface area contributed by atoms with Crippen LogP contribution >= 0.6 is 0 Å². The van der Waals surface area contributed by atoms with Crippen molar-refractivity contribution in [1.82, 2.24) is 15.5 Å². The number of carbonyl (C=O) groups excluding carboxylic acids is 1. The fourth-order valence-corrected chi connectivity index (χ4v) is 1.81. The molecule has 4 heteroatoms. The SMILES string of the molecule is CN1CC[C@@H]2NC(=O)N[C@@H]2C1. The zero-order chi connectivity index (χ0) is 7.84. The number of amides is 2. The number of urea groups is 1. The van der Waals surface area contributed by atoms with Gasteiger partial charge in [0, 0.05) is 6.54 Å². The van der Waals surface area contributed by atoms with Gasteiger partial charge in [0.2, 0.25) is 0 Å². The van der Waals surface area contributed by atoms with E-state index in [0.29, 0.717) is 12.1 Å². The normalized spacial score (nSPS) is 37.7. The average molecular weight is 155 g/mol. The molecule has 62 valence electrons. The third kappa shape index (κ3) is 1.18. The summed E-state index contributed by atoms with van der Waals surface area (Å²) in [5.41, 5.74) is 0. The molecule has 0 unspecified atom stereocenters. The fraction of sp³-hybridized carbons (Fsp3) is 0.857. The Balaban J connectivity index is 2.02. The lowest BCUT2D eigenvalue weighted by atomic mass is 10.0. The number of hydrogen-bond donors (Lipinski definition) is 2. The number of rotatable bonds is 0. The molecule has 11 heavy (non-hydrogen) atoms. The Bertz CT molecular complexity index is 183. The minimum absolute atomic E-state index is 0.00435. The quantitative estimate of drug-likeness (QED) is 0.489. The monoisotopic (exact) mass is 155 g/mol. The first-order chi connectivity index (χ1) is 5.25. The van der Waals surface area contributed by atoms with Crippen molar-refractivity contribution in [3.63, 3.8) is 0 Å². The van der Waals surface area contributed by atoms with Crippen molar-refractivity contribution in [2.75, 3.05) is 20.1 Å². The standard InChI is InChI=1S/C7H13N3O/c1-10-3-2-5-6(4-10)9-7(11)8-5/h5-6H,2-4H2,1H3,(H2,8,9,11)/t5-,6+/m0/s1. The topological polar surface area (TPSA) is 44.4 Å². The van der Waals surface area contributed by atoms with E-state index in [1.54, 1.807) is 0 Å². The largest absolute Gasteiger partial charge is 0.333 e. The van der Waals surface area contributed by atoms with E-state index < -0.39 is 0 Å². The van der Waals surface area contributed by atoms with E-state index in [1.165, 1.54) is 0 Å². The third-order valence-electron chi connectivity index (χ3n) is 2.45. The highest BCUT2D eigenvalue weighted by molar-refractivity contribution is 5.77. The summed E-state index contributed by atoms with van der Waals surface area (Å²) in [4.78, 5) is 13.1. The van der Waals surface area contributed by atoms with Gasteiger partial charge in [0.05, 0.1) is 12.1 Å². The summed E-state index contributed by atoms with van der Waals surface area (Å²) in [6.45, 7) is 2.06. The molecule has 2 rings (SSSR count). The fourth-order valence-electron chi connectivity index (χ4n) is 1.81. The van der Waals surface area contributed by atoms with E-state index in [1.807, 2.05) is 0 Å². The van der Waals surface area contributed by atoms with Gasteiger partial charge in [0.15, 0.2) is 0 Å². The van der Waals surface area contributed by atoms with Crippen molar-refractivity contribution < 1.29 is 4.79 Å². The second kappa shape index (κ2) is 2.37. The van der Waals surface area contributed by atoms with Gasteiger partial charge < -0.3 is 15.5 Å². The van der Waals surface area contributed by atoms with Crippen LogP contribution in [0.25, 0.3) is 0 Å². The molecule has 2 N–H and O–H groups in total. The van der Waals surface area contributed by atoms with Gasteiger partial charge >= 0.3 is 6.03 Å². The number of hydrogen-bond acceptors (Lipinski definition) is 2. The molecule has 0 radical (unpaired) electrons. The molecule has 2 fully saturated rings. The lowest BCUT2D eigenvalue weighted by Crippen LogP contribution is -2.48. The highest BCUT2D eigenvalue weighted by atomic mass is 16.2. The summed E-state index contributed by atoms with van der Waals surface area (Å²) in [6, 6.07) is 0.704. The van der Waals surface area contributed by atoms with Gasteiger partial charge in [-0.1, -0.05) is 0 Å². The molecule has 0 saturated carbocycles. The molecular formula is C7H13N3O. The number of likely N-dealkylation sites (tertiary alicyclic amines) is 1. The molecule has 0 aliphatic carbocycles. The van der Waals surface area contributed by atoms with Gasteiger partial charge in [0.25, 0.3) is 0 Å². The highest BCUT2D eigenvalue weighted by Gasteiger charge is 2.34. The molecule has 2 aliphatic rings. The van der Waals surface area contributed by atoms with Gasteiger partial charge in [-0.15, -0.1) is 0 Å². The van der Waals surface area contributed by atoms with Gasteiger partial charge in [-0.25, -0.2) is 4.79 Å². The predicted octanol–water partition coefficient (Wildman–Crippen LogP) is -0.628. The van der Waals surface area contributed by atoms with E-state index in [0.717, 1.165) is 19.5 Å². The average Bonchev–Trinajstić information content (AvgIpc) is 2.27. The molecule has 0 spiro atoms. The molecule has 2 amide bonds. The maximum atomic E-state index is 10.9. The summed E-state index contributed by atoms with van der Waals surface area (Å²) in [7, 11) is 2.08. The summed E-state index contributed by atoms with van der Waals surface area (Å²) in [6.07, 6.45) is 1.07. The van der Waals surface area contributed by atoms with Gasteiger partial charge in [-0.2, -0.15) is 0 Å². The molecule has 4 nitrogen and oxygen atoms in total. The number of piperidine rings is 1. The van der Waals surface area contributed by atoms with Crippen LogP contribution in [0.3, 0.4) is 0 Å². The molecule has 0 bridgehead atoms. The van der Waals surface area contributed by atoms with Crippen LogP contribution < -0.4 is 10.6 Å². The number of nitrogens with one attached hydrogen (secondary N) is 2. The molecular weight excluding hydrogens is 142 g/mol. The van der Waals surface area contributed by atoms with Crippen molar-refractivity contribution >= 4 is 6.03 Å². The van der Waals surface area contributed by atoms with E-state index in [9.17, 15) is 4.79 Å². The number of fused-ring (bicyclic) bond motifs is 1. The molecule has 0 aromatic heterocycles. The van der Waals surface area contributed by atoms with Crippen molar-refractivity contribution in [3.05, 3.63) is 0 Å². The van der Waals surface area contributed by atoms with Crippen LogP contribution in [0, 0.1) is 0 Å². The van der Waals surface area contributed by atoms with Crippen LogP contribution in [0.15, 0.2) is 0 Å². The van der Waals surface area contributed by atoms with E-state index in [-0.39, 0.29) is 6.03 Å². The van der Waals surface area contributed by atoms with Crippen molar-refractivity contribution in [2.24, 2.45) is 0 Å². The molecule has 2 heterocycles. The Hall–Kier alpha value is -0.770. The van der Waals surface area contributed by atoms with Crippen LogP contribution in [-0.2, 0) is 0 Å². The number of likely N-dealkylation sites (N-methyl/N-ethyl adjacent to an activating group) is 1. The lowest BCUT2D eigenvalue weighted by molar-refractivity contribution is 0.224. The van der Waals surface area contributed by atoms with Crippen molar-refractivity contribution in [3.8, 4) is 0 Å². The third-order valence-corrected chi connectivity index (χ3v) is 2.45. The smallest absolute Gasteiger partial charge is 0.315 e.